The Balaban J connectivity index is 1.68. The molecule has 1 atom stereocenters. The lowest BCUT2D eigenvalue weighted by Crippen LogP contribution is -2.47. The van der Waals surface area contributed by atoms with E-state index in [4.69, 9.17) is 4.74 Å². The minimum Gasteiger partial charge on any atom is -0.370 e. The Bertz CT molecular complexity index is 497. The molecule has 0 saturated carbocycles. The molecule has 0 unspecified atom stereocenters. The quantitative estimate of drug-likeness (QED) is 0.903. The van der Waals surface area contributed by atoms with Gasteiger partial charge in [-0.1, -0.05) is 24.3 Å². The van der Waals surface area contributed by atoms with Crippen molar-refractivity contribution >= 4 is 5.91 Å². The monoisotopic (exact) mass is 288 g/mol. The number of carbonyl (C=O) groups excluding carboxylic acids is 1. The van der Waals surface area contributed by atoms with Crippen LogP contribution in [0.3, 0.4) is 0 Å². The van der Waals surface area contributed by atoms with Crippen LogP contribution >= 0.6 is 0 Å². The molecule has 4 nitrogen and oxygen atoms in total. The van der Waals surface area contributed by atoms with Crippen molar-refractivity contribution in [3.05, 3.63) is 35.4 Å². The van der Waals surface area contributed by atoms with Crippen LogP contribution in [0.1, 0.15) is 30.1 Å². The van der Waals surface area contributed by atoms with Gasteiger partial charge in [-0.05, 0) is 44.0 Å². The first-order valence-electron chi connectivity index (χ1n) is 7.92. The summed E-state index contributed by atoms with van der Waals surface area (Å²) < 4.78 is 5.91. The molecule has 2 aliphatic rings. The molecule has 21 heavy (non-hydrogen) atoms. The van der Waals surface area contributed by atoms with E-state index >= 15 is 0 Å². The molecule has 114 valence electrons. The van der Waals surface area contributed by atoms with Crippen molar-refractivity contribution in [1.82, 2.24) is 10.2 Å². The minimum atomic E-state index is 0.0191. The van der Waals surface area contributed by atoms with Gasteiger partial charge in [0.05, 0.1) is 13.2 Å². The van der Waals surface area contributed by atoms with Gasteiger partial charge >= 0.3 is 0 Å². The SMILES string of the molecule is Cc1ccccc1[C@H]1CN(C(=O)C2CCNCC2)CCO1. The van der Waals surface area contributed by atoms with Crippen LogP contribution in [0, 0.1) is 12.8 Å². The average molecular weight is 288 g/mol. The van der Waals surface area contributed by atoms with Gasteiger partial charge in [0.2, 0.25) is 5.91 Å². The first-order valence-corrected chi connectivity index (χ1v) is 7.92. The molecule has 0 spiro atoms. The lowest BCUT2D eigenvalue weighted by molar-refractivity contribution is -0.144. The largest absolute Gasteiger partial charge is 0.370 e. The number of amides is 1. The number of piperidine rings is 1. The Hall–Kier alpha value is -1.39. The number of benzene rings is 1. The van der Waals surface area contributed by atoms with Crippen LogP contribution in [0.25, 0.3) is 0 Å². The molecule has 2 aliphatic heterocycles. The Morgan fingerprint density at radius 3 is 2.81 bits per heavy atom. The van der Waals surface area contributed by atoms with Crippen LogP contribution in [0.15, 0.2) is 24.3 Å². The summed E-state index contributed by atoms with van der Waals surface area (Å²) in [7, 11) is 0. The highest BCUT2D eigenvalue weighted by Gasteiger charge is 2.30. The molecule has 1 aromatic carbocycles. The number of hydrogen-bond acceptors (Lipinski definition) is 3. The molecule has 2 heterocycles. The zero-order valence-corrected chi connectivity index (χ0v) is 12.7. The van der Waals surface area contributed by atoms with Crippen LogP contribution in [0.2, 0.25) is 0 Å². The number of aryl methyl sites for hydroxylation is 1. The molecule has 3 rings (SSSR count). The zero-order chi connectivity index (χ0) is 14.7. The zero-order valence-electron chi connectivity index (χ0n) is 12.7. The second-order valence-corrected chi connectivity index (χ2v) is 6.02. The van der Waals surface area contributed by atoms with Gasteiger partial charge in [-0.3, -0.25) is 4.79 Å². The van der Waals surface area contributed by atoms with E-state index in [2.05, 4.69) is 24.4 Å². The molecule has 0 aromatic heterocycles. The number of morpholine rings is 1. The fourth-order valence-corrected chi connectivity index (χ4v) is 3.31. The molecular weight excluding hydrogens is 264 g/mol. The van der Waals surface area contributed by atoms with Crippen molar-refractivity contribution in [3.8, 4) is 0 Å². The first-order chi connectivity index (χ1) is 10.3. The van der Waals surface area contributed by atoms with Crippen molar-refractivity contribution < 1.29 is 9.53 Å². The molecular formula is C17H24N2O2. The molecule has 1 aromatic rings. The fourth-order valence-electron chi connectivity index (χ4n) is 3.31. The topological polar surface area (TPSA) is 41.6 Å². The van der Waals surface area contributed by atoms with Gasteiger partial charge in [0.1, 0.15) is 6.10 Å². The van der Waals surface area contributed by atoms with Crippen molar-refractivity contribution in [2.75, 3.05) is 32.8 Å². The van der Waals surface area contributed by atoms with Gasteiger partial charge in [0.15, 0.2) is 0 Å². The molecule has 2 fully saturated rings. The van der Waals surface area contributed by atoms with E-state index in [0.29, 0.717) is 19.1 Å². The van der Waals surface area contributed by atoms with Crippen molar-refractivity contribution in [1.29, 1.82) is 0 Å². The maximum atomic E-state index is 12.7. The average Bonchev–Trinajstić information content (AvgIpc) is 2.55. The van der Waals surface area contributed by atoms with E-state index in [1.165, 1.54) is 11.1 Å². The number of carbonyl (C=O) groups is 1. The minimum absolute atomic E-state index is 0.0191. The van der Waals surface area contributed by atoms with E-state index in [1.54, 1.807) is 0 Å². The molecule has 0 bridgehead atoms. The summed E-state index contributed by atoms with van der Waals surface area (Å²) in [6.45, 7) is 6.07. The predicted molar refractivity (Wildman–Crippen MR) is 82.0 cm³/mol. The normalized spacial score (nSPS) is 24.0. The molecule has 0 aliphatic carbocycles. The van der Waals surface area contributed by atoms with Gasteiger partial charge in [0.25, 0.3) is 0 Å². The summed E-state index contributed by atoms with van der Waals surface area (Å²) in [5, 5.41) is 3.32. The summed E-state index contributed by atoms with van der Waals surface area (Å²) in [6, 6.07) is 8.30. The van der Waals surface area contributed by atoms with Crippen LogP contribution in [0.4, 0.5) is 0 Å². The van der Waals surface area contributed by atoms with Crippen molar-refractivity contribution in [2.45, 2.75) is 25.9 Å². The summed E-state index contributed by atoms with van der Waals surface area (Å²) in [5.41, 5.74) is 2.44. The number of rotatable bonds is 2. The third-order valence-corrected chi connectivity index (χ3v) is 4.60. The van der Waals surface area contributed by atoms with Gasteiger partial charge in [-0.2, -0.15) is 0 Å². The molecule has 4 heteroatoms. The highest BCUT2D eigenvalue weighted by Crippen LogP contribution is 2.26. The molecule has 1 amide bonds. The molecule has 2 saturated heterocycles. The van der Waals surface area contributed by atoms with Crippen LogP contribution in [-0.2, 0) is 9.53 Å². The Morgan fingerprint density at radius 2 is 2.05 bits per heavy atom. The lowest BCUT2D eigenvalue weighted by Gasteiger charge is -2.36. The van der Waals surface area contributed by atoms with Gasteiger partial charge in [-0.15, -0.1) is 0 Å². The van der Waals surface area contributed by atoms with E-state index in [-0.39, 0.29) is 12.0 Å². The van der Waals surface area contributed by atoms with E-state index in [9.17, 15) is 4.79 Å². The van der Waals surface area contributed by atoms with Crippen LogP contribution in [-0.4, -0.2) is 43.6 Å². The number of ether oxygens (including phenoxy) is 1. The maximum absolute atomic E-state index is 12.7. The van der Waals surface area contributed by atoms with Gasteiger partial charge in [-0.25, -0.2) is 0 Å². The van der Waals surface area contributed by atoms with Crippen molar-refractivity contribution in [3.63, 3.8) is 0 Å². The number of nitrogens with zero attached hydrogens (tertiary/aromatic N) is 1. The lowest BCUT2D eigenvalue weighted by atomic mass is 9.95. The number of hydrogen-bond donors (Lipinski definition) is 1. The summed E-state index contributed by atoms with van der Waals surface area (Å²) in [6.07, 6.45) is 1.95. The Kier molecular flexibility index (Phi) is 4.56. The second-order valence-electron chi connectivity index (χ2n) is 6.02. The van der Waals surface area contributed by atoms with Crippen LogP contribution in [0.5, 0.6) is 0 Å². The van der Waals surface area contributed by atoms with E-state index in [0.717, 1.165) is 32.5 Å². The van der Waals surface area contributed by atoms with E-state index in [1.807, 2.05) is 17.0 Å². The smallest absolute Gasteiger partial charge is 0.225 e. The van der Waals surface area contributed by atoms with Crippen molar-refractivity contribution in [2.24, 2.45) is 5.92 Å². The standard InChI is InChI=1S/C17H24N2O2/c1-13-4-2-3-5-15(13)16-12-19(10-11-21-16)17(20)14-6-8-18-9-7-14/h2-5,14,16,18H,6-12H2,1H3/t16-/m1/s1. The molecule has 1 N–H and O–H groups in total. The third kappa shape index (κ3) is 3.27. The summed E-state index contributed by atoms with van der Waals surface area (Å²) >= 11 is 0. The number of nitrogens with one attached hydrogen (secondary N) is 1. The summed E-state index contributed by atoms with van der Waals surface area (Å²) in [4.78, 5) is 14.7. The summed E-state index contributed by atoms with van der Waals surface area (Å²) in [5.74, 6) is 0.514. The maximum Gasteiger partial charge on any atom is 0.225 e. The second kappa shape index (κ2) is 6.58. The van der Waals surface area contributed by atoms with Crippen LogP contribution < -0.4 is 5.32 Å². The van der Waals surface area contributed by atoms with Gasteiger partial charge < -0.3 is 15.0 Å². The predicted octanol–water partition coefficient (Wildman–Crippen LogP) is 1.89. The first kappa shape index (κ1) is 14.5. The highest BCUT2D eigenvalue weighted by molar-refractivity contribution is 5.79. The Labute approximate surface area is 126 Å². The van der Waals surface area contributed by atoms with Gasteiger partial charge in [0, 0.05) is 12.5 Å². The van der Waals surface area contributed by atoms with E-state index < -0.39 is 0 Å². The fraction of sp³-hybridized carbons (Fsp3) is 0.588. The third-order valence-electron chi connectivity index (χ3n) is 4.60. The highest BCUT2D eigenvalue weighted by atomic mass is 16.5. The Morgan fingerprint density at radius 1 is 1.29 bits per heavy atom. The molecule has 0 radical (unpaired) electrons.